The molecule has 0 bridgehead atoms. The molecular formula is C43H48N2O5. The van der Waals surface area contributed by atoms with E-state index in [1.54, 1.807) is 0 Å². The molecule has 0 fully saturated rings. The van der Waals surface area contributed by atoms with E-state index in [9.17, 15) is 14.4 Å². The molecule has 4 rings (SSSR count). The molecule has 0 N–H and O–H groups in total. The highest BCUT2D eigenvalue weighted by Crippen LogP contribution is 2.28. The smallest absolute Gasteiger partial charge is 0.330 e. The van der Waals surface area contributed by atoms with Gasteiger partial charge >= 0.3 is 11.9 Å². The van der Waals surface area contributed by atoms with Gasteiger partial charge in [0.25, 0.3) is 0 Å². The van der Waals surface area contributed by atoms with Crippen LogP contribution < -0.4 is 9.80 Å². The molecule has 0 saturated heterocycles. The summed E-state index contributed by atoms with van der Waals surface area (Å²) in [5.74, 6) is -0.607. The third-order valence-electron chi connectivity index (χ3n) is 8.37. The largest absolute Gasteiger partial charge is 0.458 e. The Morgan fingerprint density at radius 1 is 0.520 bits per heavy atom. The van der Waals surface area contributed by atoms with E-state index < -0.39 is 11.9 Å². The van der Waals surface area contributed by atoms with Crippen LogP contribution in [-0.4, -0.2) is 30.8 Å². The van der Waals surface area contributed by atoms with E-state index >= 15 is 0 Å². The molecular weight excluding hydrogens is 624 g/mol. The quantitative estimate of drug-likeness (QED) is 0.0684. The fourth-order valence-electron chi connectivity index (χ4n) is 5.61. The van der Waals surface area contributed by atoms with E-state index in [0.29, 0.717) is 25.7 Å². The molecule has 0 unspecified atom stereocenters. The van der Waals surface area contributed by atoms with Crippen LogP contribution in [0, 0.1) is 0 Å². The number of hydrogen-bond donors (Lipinski definition) is 0. The summed E-state index contributed by atoms with van der Waals surface area (Å²) in [6.07, 6.45) is 6.76. The molecule has 0 atom stereocenters. The van der Waals surface area contributed by atoms with Gasteiger partial charge in [-0.05, 0) is 96.5 Å². The average molecular weight is 673 g/mol. The zero-order chi connectivity index (χ0) is 35.7. The molecule has 260 valence electrons. The lowest BCUT2D eigenvalue weighted by atomic mass is 10.0. The molecule has 0 aliphatic rings. The minimum atomic E-state index is -0.433. The van der Waals surface area contributed by atoms with Gasteiger partial charge < -0.3 is 19.3 Å². The van der Waals surface area contributed by atoms with Crippen molar-refractivity contribution < 1.29 is 23.9 Å². The number of benzene rings is 4. The summed E-state index contributed by atoms with van der Waals surface area (Å²) >= 11 is 0. The second kappa shape index (κ2) is 19.5. The Morgan fingerprint density at radius 3 is 1.10 bits per heavy atom. The maximum Gasteiger partial charge on any atom is 0.330 e. The summed E-state index contributed by atoms with van der Waals surface area (Å²) in [6.45, 7) is 13.3. The van der Waals surface area contributed by atoms with Crippen molar-refractivity contribution in [2.45, 2.75) is 65.6 Å². The lowest BCUT2D eigenvalue weighted by molar-refractivity contribution is -0.139. The Bertz CT molecular complexity index is 1570. The first-order valence-corrected chi connectivity index (χ1v) is 17.3. The summed E-state index contributed by atoms with van der Waals surface area (Å²) in [5, 5.41) is 0. The van der Waals surface area contributed by atoms with Gasteiger partial charge in [0.05, 0.1) is 0 Å². The predicted molar refractivity (Wildman–Crippen MR) is 202 cm³/mol. The third kappa shape index (κ3) is 11.3. The topological polar surface area (TPSA) is 76.2 Å². The Kier molecular flexibility index (Phi) is 14.6. The summed E-state index contributed by atoms with van der Waals surface area (Å²) < 4.78 is 10.3. The van der Waals surface area contributed by atoms with Crippen LogP contribution in [0.25, 0.3) is 0 Å². The van der Waals surface area contributed by atoms with Gasteiger partial charge in [-0.25, -0.2) is 9.59 Å². The van der Waals surface area contributed by atoms with Crippen LogP contribution in [0.3, 0.4) is 0 Å². The number of aryl methyl sites for hydroxylation is 2. The average Bonchev–Trinajstić information content (AvgIpc) is 3.16. The van der Waals surface area contributed by atoms with E-state index in [4.69, 9.17) is 9.47 Å². The van der Waals surface area contributed by atoms with E-state index in [2.05, 4.69) is 85.3 Å². The van der Waals surface area contributed by atoms with Gasteiger partial charge in [0, 0.05) is 60.8 Å². The minimum Gasteiger partial charge on any atom is -0.458 e. The van der Waals surface area contributed by atoms with Gasteiger partial charge in [0.2, 0.25) is 0 Å². The molecule has 0 radical (unpaired) electrons. The Balaban J connectivity index is 1.27. The van der Waals surface area contributed by atoms with Crippen molar-refractivity contribution in [3.05, 3.63) is 145 Å². The summed E-state index contributed by atoms with van der Waals surface area (Å²) in [4.78, 5) is 40.1. The van der Waals surface area contributed by atoms with Crippen molar-refractivity contribution in [3.63, 3.8) is 0 Å². The van der Waals surface area contributed by atoms with Crippen molar-refractivity contribution in [2.75, 3.05) is 22.9 Å². The number of hydrogen-bond acceptors (Lipinski definition) is 7. The molecule has 7 nitrogen and oxygen atoms in total. The third-order valence-corrected chi connectivity index (χ3v) is 8.37. The highest BCUT2D eigenvalue weighted by Gasteiger charge is 2.12. The van der Waals surface area contributed by atoms with Crippen LogP contribution in [0.4, 0.5) is 22.7 Å². The van der Waals surface area contributed by atoms with Gasteiger partial charge in [0.15, 0.2) is 0 Å². The van der Waals surface area contributed by atoms with Crippen LogP contribution in [0.1, 0.15) is 61.8 Å². The van der Waals surface area contributed by atoms with Gasteiger partial charge in [-0.3, -0.25) is 4.79 Å². The second-order valence-corrected chi connectivity index (χ2v) is 12.1. The standard InChI is InChI=1S/C43H48N2O5/c1-5-29-44(39-23-13-35(14-24-39)31-49-42(47)7-3)37-19-9-33(10-20-37)17-27-41(46)28-18-34-11-21-38(22-12-34)45(30-6-2)40-25-15-36(16-26-40)32-50-43(48)8-4/h7-16,19-26H,3-6,17-18,27-32H2,1-2H3. The maximum absolute atomic E-state index is 12.9. The molecule has 0 saturated carbocycles. The molecule has 0 aliphatic heterocycles. The molecule has 0 heterocycles. The van der Waals surface area contributed by atoms with Crippen molar-refractivity contribution >= 4 is 40.5 Å². The lowest BCUT2D eigenvalue weighted by Gasteiger charge is -2.25. The Hall–Kier alpha value is -5.43. The lowest BCUT2D eigenvalue weighted by Crippen LogP contribution is -2.17. The summed E-state index contributed by atoms with van der Waals surface area (Å²) in [6, 6.07) is 33.0. The Morgan fingerprint density at radius 2 is 0.820 bits per heavy atom. The number of anilines is 4. The SMILES string of the molecule is C=CC(=O)OCc1ccc(N(CCC)c2ccc(CCC(=O)CCc3ccc(N(CCC)c4ccc(COC(=O)C=C)cc4)cc3)cc2)cc1. The van der Waals surface area contributed by atoms with Crippen molar-refractivity contribution in [2.24, 2.45) is 0 Å². The molecule has 4 aromatic carbocycles. The van der Waals surface area contributed by atoms with Crippen molar-refractivity contribution in [3.8, 4) is 0 Å². The number of esters is 2. The zero-order valence-corrected chi connectivity index (χ0v) is 29.3. The number of carbonyl (C=O) groups excluding carboxylic acids is 3. The van der Waals surface area contributed by atoms with Crippen LogP contribution in [-0.2, 0) is 49.9 Å². The monoisotopic (exact) mass is 672 g/mol. The van der Waals surface area contributed by atoms with Gasteiger partial charge in [-0.15, -0.1) is 0 Å². The fraction of sp³-hybridized carbons (Fsp3) is 0.279. The number of nitrogens with zero attached hydrogens (tertiary/aromatic N) is 2. The zero-order valence-electron chi connectivity index (χ0n) is 29.3. The summed E-state index contributed by atoms with van der Waals surface area (Å²) in [5.41, 5.74) is 8.45. The van der Waals surface area contributed by atoms with Crippen LogP contribution >= 0.6 is 0 Å². The molecule has 0 aromatic heterocycles. The first-order valence-electron chi connectivity index (χ1n) is 17.3. The number of ketones is 1. The number of rotatable bonds is 20. The van der Waals surface area contributed by atoms with Crippen LogP contribution in [0.15, 0.2) is 122 Å². The first-order chi connectivity index (χ1) is 24.3. The number of carbonyl (C=O) groups is 3. The second-order valence-electron chi connectivity index (χ2n) is 12.1. The van der Waals surface area contributed by atoms with E-state index in [0.717, 1.165) is 83.1 Å². The molecule has 7 heteroatoms. The van der Waals surface area contributed by atoms with Crippen molar-refractivity contribution in [1.29, 1.82) is 0 Å². The van der Waals surface area contributed by atoms with E-state index in [1.807, 2.05) is 48.5 Å². The van der Waals surface area contributed by atoms with Crippen LogP contribution in [0.2, 0.25) is 0 Å². The molecule has 0 amide bonds. The van der Waals surface area contributed by atoms with Crippen LogP contribution in [0.5, 0.6) is 0 Å². The van der Waals surface area contributed by atoms with Crippen molar-refractivity contribution in [1.82, 2.24) is 0 Å². The number of ether oxygens (including phenoxy) is 2. The van der Waals surface area contributed by atoms with Gasteiger partial charge in [-0.2, -0.15) is 0 Å². The van der Waals surface area contributed by atoms with Gasteiger partial charge in [-0.1, -0.05) is 75.5 Å². The fourth-order valence-corrected chi connectivity index (χ4v) is 5.61. The highest BCUT2D eigenvalue weighted by molar-refractivity contribution is 5.81. The Labute approximate surface area is 296 Å². The first kappa shape index (κ1) is 37.4. The highest BCUT2D eigenvalue weighted by atomic mass is 16.5. The summed E-state index contributed by atoms with van der Waals surface area (Å²) in [7, 11) is 0. The maximum atomic E-state index is 12.9. The minimum absolute atomic E-state index is 0.215. The molecule has 0 aliphatic carbocycles. The van der Waals surface area contributed by atoms with Gasteiger partial charge in [0.1, 0.15) is 19.0 Å². The van der Waals surface area contributed by atoms with E-state index in [-0.39, 0.29) is 19.0 Å². The predicted octanol–water partition coefficient (Wildman–Crippen LogP) is 9.38. The normalized spacial score (nSPS) is 10.6. The number of Topliss-reactive ketones (excluding diaryl/α,β-unsaturated/α-hetero) is 1. The molecule has 50 heavy (non-hydrogen) atoms. The van der Waals surface area contributed by atoms with E-state index in [1.165, 1.54) is 0 Å². The molecule has 0 spiro atoms. The molecule has 4 aromatic rings.